The smallest absolute Gasteiger partial charge is 0.00160 e. The van der Waals surface area contributed by atoms with E-state index in [1.807, 2.05) is 0 Å². The third-order valence-corrected chi connectivity index (χ3v) is 3.45. The molecule has 1 saturated heterocycles. The second-order valence-electron chi connectivity index (χ2n) is 4.21. The summed E-state index contributed by atoms with van der Waals surface area (Å²) >= 11 is 0. The zero-order valence-corrected chi connectivity index (χ0v) is 8.47. The molecule has 0 amide bonds. The summed E-state index contributed by atoms with van der Waals surface area (Å²) in [6.45, 7) is 5.63. The summed E-state index contributed by atoms with van der Waals surface area (Å²) in [5, 5.41) is 0. The number of rotatable bonds is 2. The predicted molar refractivity (Wildman–Crippen MR) is 53.1 cm³/mol. The van der Waals surface area contributed by atoms with Crippen molar-refractivity contribution in [3.8, 4) is 0 Å². The number of hydrogen-bond acceptors (Lipinski definition) is 2. The van der Waals surface area contributed by atoms with Gasteiger partial charge in [-0.15, -0.1) is 0 Å². The predicted octanol–water partition coefficient (Wildman–Crippen LogP) is 1.46. The van der Waals surface area contributed by atoms with E-state index in [1.165, 1.54) is 38.8 Å². The molecular formula is C10H22N2. The molecule has 1 rings (SSSR count). The molecule has 2 nitrogen and oxygen atoms in total. The first-order chi connectivity index (χ1) is 5.72. The fourth-order valence-electron chi connectivity index (χ4n) is 2.09. The van der Waals surface area contributed by atoms with E-state index >= 15 is 0 Å². The number of nitrogens with two attached hydrogens (primary N) is 1. The molecule has 72 valence electrons. The molecule has 1 aliphatic heterocycles. The van der Waals surface area contributed by atoms with Gasteiger partial charge < -0.3 is 10.6 Å². The summed E-state index contributed by atoms with van der Waals surface area (Å²) in [7, 11) is 2.21. The normalized spacial score (nSPS) is 33.2. The highest BCUT2D eigenvalue weighted by Gasteiger charge is 2.28. The lowest BCUT2D eigenvalue weighted by Crippen LogP contribution is -2.31. The molecule has 0 spiro atoms. The number of hydrogen-bond donors (Lipinski definition) is 1. The molecule has 0 bridgehead atoms. The van der Waals surface area contributed by atoms with Gasteiger partial charge in [0.2, 0.25) is 0 Å². The molecule has 0 aromatic rings. The molecule has 1 fully saturated rings. The molecule has 2 heteroatoms. The third-order valence-electron chi connectivity index (χ3n) is 3.45. The first kappa shape index (κ1) is 10.0. The standard InChI is InChI=1S/C10H22N2/c1-3-10(9-11)5-4-7-12(2)8-6-10/h3-9,11H2,1-2H3. The van der Waals surface area contributed by atoms with Gasteiger partial charge in [-0.1, -0.05) is 6.92 Å². The first-order valence-corrected chi connectivity index (χ1v) is 5.11. The Balaban J connectivity index is 2.52. The largest absolute Gasteiger partial charge is 0.330 e. The van der Waals surface area contributed by atoms with Crippen LogP contribution in [-0.4, -0.2) is 31.6 Å². The molecule has 0 aromatic carbocycles. The van der Waals surface area contributed by atoms with Crippen LogP contribution in [0.2, 0.25) is 0 Å². The van der Waals surface area contributed by atoms with E-state index < -0.39 is 0 Å². The Morgan fingerprint density at radius 3 is 2.67 bits per heavy atom. The molecule has 1 aliphatic rings. The second kappa shape index (κ2) is 4.24. The summed E-state index contributed by atoms with van der Waals surface area (Å²) in [5.41, 5.74) is 6.31. The average molecular weight is 170 g/mol. The zero-order chi connectivity index (χ0) is 9.03. The Hall–Kier alpha value is -0.0800. The van der Waals surface area contributed by atoms with Crippen molar-refractivity contribution in [1.82, 2.24) is 4.90 Å². The monoisotopic (exact) mass is 170 g/mol. The van der Waals surface area contributed by atoms with E-state index in [-0.39, 0.29) is 0 Å². The minimum absolute atomic E-state index is 0.463. The minimum Gasteiger partial charge on any atom is -0.330 e. The average Bonchev–Trinajstić information content (AvgIpc) is 2.28. The van der Waals surface area contributed by atoms with Crippen LogP contribution in [-0.2, 0) is 0 Å². The molecule has 12 heavy (non-hydrogen) atoms. The molecule has 1 heterocycles. The van der Waals surface area contributed by atoms with E-state index in [4.69, 9.17) is 5.73 Å². The molecule has 0 saturated carbocycles. The van der Waals surface area contributed by atoms with E-state index in [9.17, 15) is 0 Å². The van der Waals surface area contributed by atoms with Crippen molar-refractivity contribution in [2.24, 2.45) is 11.1 Å². The van der Waals surface area contributed by atoms with Crippen LogP contribution in [0.15, 0.2) is 0 Å². The van der Waals surface area contributed by atoms with Crippen molar-refractivity contribution in [3.63, 3.8) is 0 Å². The van der Waals surface area contributed by atoms with Crippen molar-refractivity contribution in [3.05, 3.63) is 0 Å². The Kier molecular flexibility index (Phi) is 3.53. The summed E-state index contributed by atoms with van der Waals surface area (Å²) < 4.78 is 0. The summed E-state index contributed by atoms with van der Waals surface area (Å²) in [5.74, 6) is 0. The van der Waals surface area contributed by atoms with Gasteiger partial charge in [0.05, 0.1) is 0 Å². The van der Waals surface area contributed by atoms with E-state index in [2.05, 4.69) is 18.9 Å². The van der Waals surface area contributed by atoms with Gasteiger partial charge in [-0.05, 0) is 57.8 Å². The van der Waals surface area contributed by atoms with E-state index in [0.29, 0.717) is 5.41 Å². The van der Waals surface area contributed by atoms with E-state index in [1.54, 1.807) is 0 Å². The van der Waals surface area contributed by atoms with Crippen molar-refractivity contribution in [1.29, 1.82) is 0 Å². The van der Waals surface area contributed by atoms with Crippen LogP contribution in [0, 0.1) is 5.41 Å². The van der Waals surface area contributed by atoms with Gasteiger partial charge in [0.25, 0.3) is 0 Å². The number of nitrogens with zero attached hydrogens (tertiary/aromatic N) is 1. The highest BCUT2D eigenvalue weighted by Crippen LogP contribution is 2.33. The Bertz CT molecular complexity index is 130. The van der Waals surface area contributed by atoms with Crippen LogP contribution in [0.25, 0.3) is 0 Å². The first-order valence-electron chi connectivity index (χ1n) is 5.11. The molecule has 0 radical (unpaired) electrons. The lowest BCUT2D eigenvalue weighted by Gasteiger charge is -2.29. The summed E-state index contributed by atoms with van der Waals surface area (Å²) in [6.07, 6.45) is 5.18. The van der Waals surface area contributed by atoms with E-state index in [0.717, 1.165) is 6.54 Å². The lowest BCUT2D eigenvalue weighted by molar-refractivity contribution is 0.239. The quantitative estimate of drug-likeness (QED) is 0.680. The summed E-state index contributed by atoms with van der Waals surface area (Å²) in [6, 6.07) is 0. The maximum Gasteiger partial charge on any atom is -0.00160 e. The fourth-order valence-corrected chi connectivity index (χ4v) is 2.09. The molecule has 1 unspecified atom stereocenters. The van der Waals surface area contributed by atoms with Gasteiger partial charge >= 0.3 is 0 Å². The van der Waals surface area contributed by atoms with Crippen molar-refractivity contribution >= 4 is 0 Å². The van der Waals surface area contributed by atoms with Crippen LogP contribution in [0.4, 0.5) is 0 Å². The van der Waals surface area contributed by atoms with Crippen molar-refractivity contribution < 1.29 is 0 Å². The van der Waals surface area contributed by atoms with Gasteiger partial charge in [-0.25, -0.2) is 0 Å². The van der Waals surface area contributed by atoms with Gasteiger partial charge in [-0.3, -0.25) is 0 Å². The van der Waals surface area contributed by atoms with Crippen molar-refractivity contribution in [2.45, 2.75) is 32.6 Å². The van der Waals surface area contributed by atoms with Crippen LogP contribution >= 0.6 is 0 Å². The zero-order valence-electron chi connectivity index (χ0n) is 8.47. The SMILES string of the molecule is CCC1(CN)CCCN(C)CC1. The Labute approximate surface area is 76.1 Å². The molecule has 0 aromatic heterocycles. The highest BCUT2D eigenvalue weighted by atomic mass is 15.1. The molecule has 1 atom stereocenters. The maximum atomic E-state index is 5.85. The van der Waals surface area contributed by atoms with Gasteiger partial charge in [0, 0.05) is 0 Å². The third kappa shape index (κ3) is 2.20. The Morgan fingerprint density at radius 2 is 2.08 bits per heavy atom. The highest BCUT2D eigenvalue weighted by molar-refractivity contribution is 4.82. The fraction of sp³-hybridized carbons (Fsp3) is 1.00. The molecular weight excluding hydrogens is 148 g/mol. The molecule has 2 N–H and O–H groups in total. The van der Waals surface area contributed by atoms with Crippen LogP contribution < -0.4 is 5.73 Å². The van der Waals surface area contributed by atoms with Crippen LogP contribution in [0.5, 0.6) is 0 Å². The maximum absolute atomic E-state index is 5.85. The van der Waals surface area contributed by atoms with Crippen LogP contribution in [0.3, 0.4) is 0 Å². The van der Waals surface area contributed by atoms with Gasteiger partial charge in [-0.2, -0.15) is 0 Å². The van der Waals surface area contributed by atoms with Gasteiger partial charge in [0.1, 0.15) is 0 Å². The number of likely N-dealkylation sites (tertiary alicyclic amines) is 1. The topological polar surface area (TPSA) is 29.3 Å². The Morgan fingerprint density at radius 1 is 1.33 bits per heavy atom. The minimum atomic E-state index is 0.463. The summed E-state index contributed by atoms with van der Waals surface area (Å²) in [4.78, 5) is 2.42. The second-order valence-corrected chi connectivity index (χ2v) is 4.21. The lowest BCUT2D eigenvalue weighted by atomic mass is 9.78. The van der Waals surface area contributed by atoms with Crippen molar-refractivity contribution in [2.75, 3.05) is 26.7 Å². The van der Waals surface area contributed by atoms with Crippen LogP contribution in [0.1, 0.15) is 32.6 Å². The molecule has 0 aliphatic carbocycles. The van der Waals surface area contributed by atoms with Gasteiger partial charge in [0.15, 0.2) is 0 Å².